The lowest BCUT2D eigenvalue weighted by Crippen LogP contribution is -2.30. The van der Waals surface area contributed by atoms with Crippen LogP contribution in [0.1, 0.15) is 43.0 Å². The van der Waals surface area contributed by atoms with Crippen LogP contribution in [0.3, 0.4) is 0 Å². The lowest BCUT2D eigenvalue weighted by molar-refractivity contribution is -0.117. The molecule has 0 saturated heterocycles. The number of allylic oxidation sites excluding steroid dienone is 1. The molecule has 1 atom stereocenters. The van der Waals surface area contributed by atoms with Crippen molar-refractivity contribution in [3.8, 4) is 11.5 Å². The molecule has 232 valence electrons. The molecule has 4 aromatic rings. The van der Waals surface area contributed by atoms with Crippen molar-refractivity contribution in [3.63, 3.8) is 0 Å². The molecule has 0 radical (unpaired) electrons. The van der Waals surface area contributed by atoms with E-state index in [9.17, 15) is 19.1 Å². The highest BCUT2D eigenvalue weighted by atomic mass is 32.2. The van der Waals surface area contributed by atoms with Crippen molar-refractivity contribution >= 4 is 46.0 Å². The maximum absolute atomic E-state index is 14.2. The first-order valence-electron chi connectivity index (χ1n) is 14.3. The molecule has 0 saturated carbocycles. The quantitative estimate of drug-likeness (QED) is 0.0902. The van der Waals surface area contributed by atoms with Crippen LogP contribution in [0.25, 0.3) is 6.08 Å². The van der Waals surface area contributed by atoms with Crippen LogP contribution in [0.5, 0.6) is 11.5 Å². The number of amides is 1. The lowest BCUT2D eigenvalue weighted by Gasteiger charge is -2.24. The number of hydrogen-bond donors (Lipinski definition) is 1. The first kappa shape index (κ1) is 31.9. The smallest absolute Gasteiger partial charge is 0.296 e. The summed E-state index contributed by atoms with van der Waals surface area (Å²) in [5.41, 5.74) is 1.70. The van der Waals surface area contributed by atoms with Gasteiger partial charge >= 0.3 is 0 Å². The molecule has 5 rings (SSSR count). The molecule has 3 aromatic carbocycles. The van der Waals surface area contributed by atoms with E-state index in [4.69, 9.17) is 9.47 Å². The van der Waals surface area contributed by atoms with Crippen molar-refractivity contribution in [2.45, 2.75) is 36.4 Å². The van der Waals surface area contributed by atoms with Crippen LogP contribution in [0.4, 0.5) is 9.52 Å². The fraction of sp³-hybridized carbons (Fsp3) is 0.235. The second kappa shape index (κ2) is 14.5. The molecule has 11 heteroatoms. The van der Waals surface area contributed by atoms with Gasteiger partial charge in [0.2, 0.25) is 5.13 Å². The van der Waals surface area contributed by atoms with E-state index < -0.39 is 23.5 Å². The molecule has 0 bridgehead atoms. The zero-order valence-electron chi connectivity index (χ0n) is 25.0. The Bertz CT molecular complexity index is 1740. The predicted octanol–water partition coefficient (Wildman–Crippen LogP) is 7.59. The number of anilines is 1. The SMILES string of the molecule is COc1cc(C2C(C(=O)/C=C/c3ccccc3)=C(O)C(=O)N2c2nnc(SCc3ccccc3F)s2)ccc1OCCC(C)C. The Morgan fingerprint density at radius 3 is 2.58 bits per heavy atom. The molecule has 1 aliphatic rings. The second-order valence-corrected chi connectivity index (χ2v) is 12.8. The van der Waals surface area contributed by atoms with Gasteiger partial charge in [-0.25, -0.2) is 4.39 Å². The van der Waals surface area contributed by atoms with Gasteiger partial charge in [0.15, 0.2) is 27.4 Å². The average Bonchev–Trinajstić information content (AvgIpc) is 3.61. The highest BCUT2D eigenvalue weighted by molar-refractivity contribution is 8.00. The number of methoxy groups -OCH3 is 1. The summed E-state index contributed by atoms with van der Waals surface area (Å²) in [7, 11) is 1.51. The Hall–Kier alpha value is -4.48. The van der Waals surface area contributed by atoms with Gasteiger partial charge in [0.1, 0.15) is 5.82 Å². The maximum Gasteiger partial charge on any atom is 0.296 e. The number of hydrogen-bond acceptors (Lipinski definition) is 9. The molecule has 0 aliphatic carbocycles. The molecule has 0 spiro atoms. The van der Waals surface area contributed by atoms with Crippen molar-refractivity contribution < 1.29 is 28.6 Å². The summed E-state index contributed by atoms with van der Waals surface area (Å²) in [6, 6.07) is 19.8. The molecule has 1 amide bonds. The molecule has 2 heterocycles. The number of halogens is 1. The molecule has 8 nitrogen and oxygen atoms in total. The third-order valence-electron chi connectivity index (χ3n) is 7.07. The van der Waals surface area contributed by atoms with Crippen molar-refractivity contribution in [2.24, 2.45) is 5.92 Å². The van der Waals surface area contributed by atoms with Crippen LogP contribution in [0.2, 0.25) is 0 Å². The third kappa shape index (κ3) is 7.43. The van der Waals surface area contributed by atoms with Crippen molar-refractivity contribution in [3.05, 3.63) is 113 Å². The van der Waals surface area contributed by atoms with E-state index >= 15 is 0 Å². The van der Waals surface area contributed by atoms with E-state index in [1.165, 1.54) is 35.9 Å². The number of thioether (sulfide) groups is 1. The van der Waals surface area contributed by atoms with Gasteiger partial charge in [-0.1, -0.05) is 97.6 Å². The fourth-order valence-electron chi connectivity index (χ4n) is 4.69. The standard InChI is InChI=1S/C34H32FN3O5S2/c1-21(2)17-18-43-27-16-14-23(19-28(27)42-3)30-29(26(39)15-13-22-9-5-4-6-10-22)31(40)32(41)38(30)33-36-37-34(45-33)44-20-24-11-7-8-12-25(24)35/h4-16,19,21,30,40H,17-18,20H2,1-3H3/b15-13+. The number of carbonyl (C=O) groups excluding carboxylic acids is 2. The Labute approximate surface area is 269 Å². The van der Waals surface area contributed by atoms with Gasteiger partial charge in [0, 0.05) is 5.75 Å². The number of carbonyl (C=O) groups is 2. The number of ether oxygens (including phenoxy) is 2. The van der Waals surface area contributed by atoms with Crippen molar-refractivity contribution in [1.29, 1.82) is 0 Å². The van der Waals surface area contributed by atoms with Crippen LogP contribution in [-0.4, -0.2) is 40.7 Å². The number of aliphatic hydroxyl groups is 1. The maximum atomic E-state index is 14.2. The summed E-state index contributed by atoms with van der Waals surface area (Å²) in [5, 5.41) is 19.7. The van der Waals surface area contributed by atoms with Gasteiger partial charge in [-0.2, -0.15) is 0 Å². The van der Waals surface area contributed by atoms with Gasteiger partial charge < -0.3 is 14.6 Å². The van der Waals surface area contributed by atoms with Crippen LogP contribution < -0.4 is 14.4 Å². The highest BCUT2D eigenvalue weighted by Gasteiger charge is 2.45. The highest BCUT2D eigenvalue weighted by Crippen LogP contribution is 2.45. The van der Waals surface area contributed by atoms with Crippen LogP contribution in [0, 0.1) is 11.7 Å². The van der Waals surface area contributed by atoms with E-state index in [2.05, 4.69) is 24.0 Å². The number of aromatic nitrogens is 2. The van der Waals surface area contributed by atoms with E-state index in [0.717, 1.165) is 23.3 Å². The number of aliphatic hydroxyl groups excluding tert-OH is 1. The number of nitrogens with zero attached hydrogens (tertiary/aromatic N) is 3. The minimum absolute atomic E-state index is 0.0986. The normalized spacial score (nSPS) is 15.0. The van der Waals surface area contributed by atoms with Crippen LogP contribution in [0.15, 0.2) is 94.5 Å². The fourth-order valence-corrected chi connectivity index (χ4v) is 6.54. The Morgan fingerprint density at radius 1 is 1.09 bits per heavy atom. The van der Waals surface area contributed by atoms with Crippen LogP contribution in [-0.2, 0) is 15.3 Å². The minimum atomic E-state index is -1.03. The first-order chi connectivity index (χ1) is 21.8. The van der Waals surface area contributed by atoms with E-state index in [1.54, 1.807) is 42.5 Å². The summed E-state index contributed by atoms with van der Waals surface area (Å²) < 4.78 is 26.2. The van der Waals surface area contributed by atoms with Gasteiger partial charge in [-0.3, -0.25) is 14.5 Å². The topological polar surface area (TPSA) is 102 Å². The average molecular weight is 646 g/mol. The second-order valence-electron chi connectivity index (χ2n) is 10.6. The summed E-state index contributed by atoms with van der Waals surface area (Å²) in [4.78, 5) is 28.5. The van der Waals surface area contributed by atoms with Gasteiger partial charge in [0.25, 0.3) is 5.91 Å². The summed E-state index contributed by atoms with van der Waals surface area (Å²) in [5.74, 6) is -0.607. The van der Waals surface area contributed by atoms with Gasteiger partial charge in [0.05, 0.1) is 25.3 Å². The van der Waals surface area contributed by atoms with Crippen molar-refractivity contribution in [1.82, 2.24) is 10.2 Å². The summed E-state index contributed by atoms with van der Waals surface area (Å²) >= 11 is 2.38. The van der Waals surface area contributed by atoms with Crippen LogP contribution >= 0.6 is 23.1 Å². The molecular formula is C34H32FN3O5S2. The predicted molar refractivity (Wildman–Crippen MR) is 174 cm³/mol. The van der Waals surface area contributed by atoms with E-state index in [-0.39, 0.29) is 16.5 Å². The molecular weight excluding hydrogens is 614 g/mol. The Kier molecular flexibility index (Phi) is 10.3. The number of ketones is 1. The monoisotopic (exact) mass is 645 g/mol. The number of rotatable bonds is 13. The first-order valence-corrected chi connectivity index (χ1v) is 16.1. The zero-order chi connectivity index (χ0) is 31.9. The third-order valence-corrected chi connectivity index (χ3v) is 9.17. The molecule has 1 aromatic heterocycles. The number of benzene rings is 3. The van der Waals surface area contributed by atoms with E-state index in [0.29, 0.717) is 45.2 Å². The summed E-state index contributed by atoms with van der Waals surface area (Å²) in [6.45, 7) is 4.71. The molecule has 1 aliphatic heterocycles. The molecule has 0 fully saturated rings. The zero-order valence-corrected chi connectivity index (χ0v) is 26.6. The lowest BCUT2D eigenvalue weighted by atomic mass is 9.95. The Morgan fingerprint density at radius 2 is 1.84 bits per heavy atom. The molecule has 1 N–H and O–H groups in total. The molecule has 45 heavy (non-hydrogen) atoms. The summed E-state index contributed by atoms with van der Waals surface area (Å²) in [6.07, 6.45) is 3.82. The largest absolute Gasteiger partial charge is 0.503 e. The molecule has 1 unspecified atom stereocenters. The minimum Gasteiger partial charge on any atom is -0.503 e. The van der Waals surface area contributed by atoms with Gasteiger partial charge in [-0.15, -0.1) is 10.2 Å². The van der Waals surface area contributed by atoms with Crippen molar-refractivity contribution in [2.75, 3.05) is 18.6 Å². The Balaban J connectivity index is 1.49. The van der Waals surface area contributed by atoms with E-state index in [1.807, 2.05) is 30.3 Å². The van der Waals surface area contributed by atoms with Gasteiger partial charge in [-0.05, 0) is 53.3 Å².